The molecule has 1 atom stereocenters. The average Bonchev–Trinajstić information content (AvgIpc) is 2.50. The van der Waals surface area contributed by atoms with Crippen molar-refractivity contribution in [2.75, 3.05) is 11.9 Å². The van der Waals surface area contributed by atoms with Crippen LogP contribution in [0.2, 0.25) is 5.02 Å². The molecule has 6 heteroatoms. The molecule has 0 bridgehead atoms. The Labute approximate surface area is 139 Å². The summed E-state index contributed by atoms with van der Waals surface area (Å²) < 4.78 is 13.5. The maximum atomic E-state index is 13.5. The third-order valence-electron chi connectivity index (χ3n) is 3.46. The van der Waals surface area contributed by atoms with Crippen molar-refractivity contribution in [1.82, 2.24) is 5.32 Å². The lowest BCUT2D eigenvalue weighted by Crippen LogP contribution is -2.34. The minimum absolute atomic E-state index is 0.00910. The van der Waals surface area contributed by atoms with Crippen LogP contribution < -0.4 is 10.6 Å². The molecule has 2 aromatic rings. The van der Waals surface area contributed by atoms with Gasteiger partial charge in [-0.05, 0) is 43.2 Å². The number of anilines is 1. The van der Waals surface area contributed by atoms with Crippen LogP contribution in [0.1, 0.15) is 22.7 Å². The number of hydrogen-bond acceptors (Lipinski definition) is 2. The topological polar surface area (TPSA) is 61.4 Å². The molecule has 4 nitrogen and oxygen atoms in total. The van der Waals surface area contributed by atoms with Gasteiger partial charge in [-0.1, -0.05) is 35.4 Å². The number of hydrogen-bond donors (Lipinski definition) is 3. The van der Waals surface area contributed by atoms with Gasteiger partial charge in [0.2, 0.25) is 0 Å². The van der Waals surface area contributed by atoms with Crippen LogP contribution in [0.25, 0.3) is 0 Å². The van der Waals surface area contributed by atoms with E-state index in [0.717, 1.165) is 11.1 Å². The van der Waals surface area contributed by atoms with E-state index in [1.165, 1.54) is 12.1 Å². The lowest BCUT2D eigenvalue weighted by molar-refractivity contribution is 0.225. The maximum Gasteiger partial charge on any atom is 0.319 e. The number of nitrogens with one attached hydrogen (secondary N) is 2. The molecular formula is C17H18ClFN2O2. The second-order valence-corrected chi connectivity index (χ2v) is 5.73. The molecule has 2 amide bonds. The fourth-order valence-electron chi connectivity index (χ4n) is 2.23. The number of carbonyl (C=O) groups is 1. The number of benzene rings is 2. The molecule has 122 valence electrons. The Morgan fingerprint density at radius 2 is 2.00 bits per heavy atom. The first-order chi connectivity index (χ1) is 10.9. The van der Waals surface area contributed by atoms with E-state index in [1.54, 1.807) is 12.1 Å². The van der Waals surface area contributed by atoms with Crippen molar-refractivity contribution >= 4 is 23.3 Å². The van der Waals surface area contributed by atoms with Gasteiger partial charge in [0, 0.05) is 5.69 Å². The van der Waals surface area contributed by atoms with E-state index in [1.807, 2.05) is 26.0 Å². The highest BCUT2D eigenvalue weighted by molar-refractivity contribution is 6.30. The van der Waals surface area contributed by atoms with Gasteiger partial charge < -0.3 is 15.7 Å². The lowest BCUT2D eigenvalue weighted by Gasteiger charge is -2.18. The summed E-state index contributed by atoms with van der Waals surface area (Å²) in [5.74, 6) is -0.598. The minimum Gasteiger partial charge on any atom is -0.394 e. The summed E-state index contributed by atoms with van der Waals surface area (Å²) in [6.07, 6.45) is 0. The lowest BCUT2D eigenvalue weighted by atomic mass is 10.1. The number of amides is 2. The molecule has 0 fully saturated rings. The van der Waals surface area contributed by atoms with E-state index in [9.17, 15) is 14.3 Å². The molecular weight excluding hydrogens is 319 g/mol. The molecule has 0 saturated heterocycles. The molecule has 0 radical (unpaired) electrons. The van der Waals surface area contributed by atoms with Gasteiger partial charge in [0.25, 0.3) is 0 Å². The molecule has 3 N–H and O–H groups in total. The SMILES string of the molecule is Cc1ccc(NC(=O)NC(CO)c2ccc(Cl)c(F)c2)c(C)c1. The second-order valence-electron chi connectivity index (χ2n) is 5.33. The van der Waals surface area contributed by atoms with Crippen molar-refractivity contribution < 1.29 is 14.3 Å². The summed E-state index contributed by atoms with van der Waals surface area (Å²) in [5.41, 5.74) is 3.13. The molecule has 1 unspecified atom stereocenters. The Balaban J connectivity index is 2.08. The largest absolute Gasteiger partial charge is 0.394 e. The summed E-state index contributed by atoms with van der Waals surface area (Å²) in [6, 6.07) is 8.58. The summed E-state index contributed by atoms with van der Waals surface area (Å²) in [5, 5.41) is 14.8. The summed E-state index contributed by atoms with van der Waals surface area (Å²) in [4.78, 5) is 12.1. The minimum atomic E-state index is -0.729. The molecule has 2 aromatic carbocycles. The molecule has 23 heavy (non-hydrogen) atoms. The summed E-state index contributed by atoms with van der Waals surface area (Å²) in [7, 11) is 0. The molecule has 0 aliphatic heterocycles. The highest BCUT2D eigenvalue weighted by Crippen LogP contribution is 2.21. The monoisotopic (exact) mass is 336 g/mol. The van der Waals surface area contributed by atoms with E-state index < -0.39 is 17.9 Å². The first-order valence-corrected chi connectivity index (χ1v) is 7.49. The van der Waals surface area contributed by atoms with Crippen LogP contribution in [0.3, 0.4) is 0 Å². The normalized spacial score (nSPS) is 11.9. The van der Waals surface area contributed by atoms with Crippen LogP contribution in [0.4, 0.5) is 14.9 Å². The third-order valence-corrected chi connectivity index (χ3v) is 3.77. The van der Waals surface area contributed by atoms with Gasteiger partial charge >= 0.3 is 6.03 Å². The number of aryl methyl sites for hydroxylation is 2. The quantitative estimate of drug-likeness (QED) is 0.791. The van der Waals surface area contributed by atoms with E-state index in [-0.39, 0.29) is 11.6 Å². The molecule has 0 aromatic heterocycles. The van der Waals surface area contributed by atoms with Gasteiger partial charge in [-0.3, -0.25) is 0 Å². The fraction of sp³-hybridized carbons (Fsp3) is 0.235. The highest BCUT2D eigenvalue weighted by atomic mass is 35.5. The number of aliphatic hydroxyl groups is 1. The van der Waals surface area contributed by atoms with Crippen molar-refractivity contribution in [3.63, 3.8) is 0 Å². The number of aliphatic hydroxyl groups excluding tert-OH is 1. The molecule has 0 aliphatic carbocycles. The highest BCUT2D eigenvalue weighted by Gasteiger charge is 2.15. The van der Waals surface area contributed by atoms with Crippen molar-refractivity contribution in [2.24, 2.45) is 0 Å². The van der Waals surface area contributed by atoms with E-state index in [4.69, 9.17) is 11.6 Å². The van der Waals surface area contributed by atoms with Crippen LogP contribution in [-0.4, -0.2) is 17.7 Å². The predicted molar refractivity (Wildman–Crippen MR) is 89.3 cm³/mol. The number of urea groups is 1. The third kappa shape index (κ3) is 4.43. The average molecular weight is 337 g/mol. The van der Waals surface area contributed by atoms with Gasteiger partial charge in [-0.25, -0.2) is 9.18 Å². The van der Waals surface area contributed by atoms with E-state index in [2.05, 4.69) is 10.6 Å². The summed E-state index contributed by atoms with van der Waals surface area (Å²) >= 11 is 5.63. The Kier molecular flexibility index (Phi) is 5.58. The number of rotatable bonds is 4. The standard InChI is InChI=1S/C17H18ClFN2O2/c1-10-3-6-15(11(2)7-10)20-17(23)21-16(9-22)12-4-5-13(18)14(19)8-12/h3-8,16,22H,9H2,1-2H3,(H2,20,21,23). The van der Waals surface area contributed by atoms with E-state index in [0.29, 0.717) is 11.3 Å². The molecule has 0 spiro atoms. The van der Waals surface area contributed by atoms with Gasteiger partial charge in [0.15, 0.2) is 0 Å². The van der Waals surface area contributed by atoms with Crippen molar-refractivity contribution in [3.05, 3.63) is 63.9 Å². The zero-order chi connectivity index (χ0) is 17.0. The first kappa shape index (κ1) is 17.2. The van der Waals surface area contributed by atoms with Crippen molar-refractivity contribution in [2.45, 2.75) is 19.9 Å². The first-order valence-electron chi connectivity index (χ1n) is 7.11. The Morgan fingerprint density at radius 3 is 2.61 bits per heavy atom. The molecule has 0 heterocycles. The maximum absolute atomic E-state index is 13.5. The van der Waals surface area contributed by atoms with E-state index >= 15 is 0 Å². The van der Waals surface area contributed by atoms with Gasteiger partial charge in [0.1, 0.15) is 5.82 Å². The Bertz CT molecular complexity index is 722. The van der Waals surface area contributed by atoms with Crippen LogP contribution in [0.5, 0.6) is 0 Å². The zero-order valence-electron chi connectivity index (χ0n) is 12.9. The van der Waals surface area contributed by atoms with Gasteiger partial charge in [-0.2, -0.15) is 0 Å². The Morgan fingerprint density at radius 1 is 1.26 bits per heavy atom. The summed E-state index contributed by atoms with van der Waals surface area (Å²) in [6.45, 7) is 3.50. The van der Waals surface area contributed by atoms with Crippen LogP contribution >= 0.6 is 11.6 Å². The fourth-order valence-corrected chi connectivity index (χ4v) is 2.35. The van der Waals surface area contributed by atoms with Crippen molar-refractivity contribution in [1.29, 1.82) is 0 Å². The van der Waals surface area contributed by atoms with Crippen LogP contribution in [0, 0.1) is 19.7 Å². The van der Waals surface area contributed by atoms with Gasteiger partial charge in [-0.15, -0.1) is 0 Å². The zero-order valence-corrected chi connectivity index (χ0v) is 13.6. The van der Waals surface area contributed by atoms with Gasteiger partial charge in [0.05, 0.1) is 17.7 Å². The molecule has 0 saturated carbocycles. The molecule has 2 rings (SSSR count). The smallest absolute Gasteiger partial charge is 0.319 e. The second kappa shape index (κ2) is 7.44. The van der Waals surface area contributed by atoms with Crippen LogP contribution in [-0.2, 0) is 0 Å². The van der Waals surface area contributed by atoms with Crippen molar-refractivity contribution in [3.8, 4) is 0 Å². The predicted octanol–water partition coefficient (Wildman–Crippen LogP) is 3.95. The molecule has 0 aliphatic rings. The Hall–Kier alpha value is -2.11. The number of halogens is 2. The van der Waals surface area contributed by atoms with Crippen LogP contribution in [0.15, 0.2) is 36.4 Å². The number of carbonyl (C=O) groups excluding carboxylic acids is 1.